The Kier molecular flexibility index (Phi) is 7.35. The van der Waals surface area contributed by atoms with Crippen LogP contribution in [0.1, 0.15) is 29.2 Å². The molecule has 0 spiro atoms. The topological polar surface area (TPSA) is 74.2 Å². The van der Waals surface area contributed by atoms with Crippen molar-refractivity contribution in [1.82, 2.24) is 0 Å². The minimum Gasteiger partial charge on any atom is -0.503 e. The lowest BCUT2D eigenvalue weighted by Crippen LogP contribution is -2.14. The molecule has 9 heteroatoms. The largest absolute Gasteiger partial charge is 0.503 e. The van der Waals surface area contributed by atoms with Crippen LogP contribution in [0.2, 0.25) is 0 Å². The van der Waals surface area contributed by atoms with Gasteiger partial charge < -0.3 is 14.3 Å². The molecule has 0 bridgehead atoms. The van der Waals surface area contributed by atoms with Gasteiger partial charge in [0, 0.05) is 23.6 Å². The lowest BCUT2D eigenvalue weighted by molar-refractivity contribution is -0.141. The first-order chi connectivity index (χ1) is 14.2. The predicted octanol–water partition coefficient (Wildman–Crippen LogP) is 4.18. The van der Waals surface area contributed by atoms with Crippen molar-refractivity contribution in [3.05, 3.63) is 77.0 Å². The summed E-state index contributed by atoms with van der Waals surface area (Å²) in [7, 11) is 2.50. The second-order valence-electron chi connectivity index (χ2n) is 5.91. The van der Waals surface area contributed by atoms with Gasteiger partial charge in [-0.25, -0.2) is 9.59 Å². The van der Waals surface area contributed by atoms with Crippen LogP contribution in [0.5, 0.6) is 0 Å². The number of alkyl halides is 3. The molecule has 0 amide bonds. The normalized spacial score (nSPS) is 12.3. The van der Waals surface area contributed by atoms with E-state index in [4.69, 9.17) is 14.3 Å². The molecule has 2 aromatic rings. The second kappa shape index (κ2) is 9.73. The SMILES string of the molecule is CO/C=C(/C(=O)OC)c1ccccc1/C(=N/OC(C)=O)c1cccc(C(F)(F)F)c1. The molecule has 0 atom stereocenters. The zero-order chi connectivity index (χ0) is 22.3. The van der Waals surface area contributed by atoms with Crippen LogP contribution in [0, 0.1) is 0 Å². The van der Waals surface area contributed by atoms with E-state index < -0.39 is 23.7 Å². The van der Waals surface area contributed by atoms with Gasteiger partial charge in [0.1, 0.15) is 11.3 Å². The molecule has 0 N–H and O–H groups in total. The molecule has 30 heavy (non-hydrogen) atoms. The highest BCUT2D eigenvalue weighted by Crippen LogP contribution is 2.31. The van der Waals surface area contributed by atoms with Gasteiger partial charge in [-0.2, -0.15) is 13.2 Å². The molecule has 0 unspecified atom stereocenters. The summed E-state index contributed by atoms with van der Waals surface area (Å²) < 4.78 is 49.3. The third-order valence-corrected chi connectivity index (χ3v) is 3.84. The summed E-state index contributed by atoms with van der Waals surface area (Å²) in [4.78, 5) is 28.2. The Morgan fingerprint density at radius 2 is 1.67 bits per heavy atom. The zero-order valence-electron chi connectivity index (χ0n) is 16.3. The van der Waals surface area contributed by atoms with E-state index in [1.54, 1.807) is 12.1 Å². The maximum absolute atomic E-state index is 13.2. The average molecular weight is 421 g/mol. The molecule has 0 radical (unpaired) electrons. The van der Waals surface area contributed by atoms with Crippen molar-refractivity contribution in [2.45, 2.75) is 13.1 Å². The Hall–Kier alpha value is -3.62. The number of oxime groups is 1. The number of nitrogens with zero attached hydrogens (tertiary/aromatic N) is 1. The maximum Gasteiger partial charge on any atom is 0.416 e. The quantitative estimate of drug-likeness (QED) is 0.175. The van der Waals surface area contributed by atoms with E-state index in [2.05, 4.69) is 5.16 Å². The molecule has 0 aliphatic rings. The van der Waals surface area contributed by atoms with Crippen LogP contribution in [0.25, 0.3) is 5.57 Å². The van der Waals surface area contributed by atoms with E-state index >= 15 is 0 Å². The highest BCUT2D eigenvalue weighted by atomic mass is 19.4. The zero-order valence-corrected chi connectivity index (χ0v) is 16.3. The minimum absolute atomic E-state index is 0.00176. The van der Waals surface area contributed by atoms with E-state index in [1.807, 2.05) is 0 Å². The van der Waals surface area contributed by atoms with Gasteiger partial charge in [0.25, 0.3) is 0 Å². The van der Waals surface area contributed by atoms with Gasteiger partial charge in [-0.1, -0.05) is 41.6 Å². The number of rotatable bonds is 6. The molecule has 2 rings (SSSR count). The summed E-state index contributed by atoms with van der Waals surface area (Å²) in [5, 5.41) is 3.75. The lowest BCUT2D eigenvalue weighted by atomic mass is 9.93. The molecule has 0 heterocycles. The van der Waals surface area contributed by atoms with Crippen LogP contribution in [-0.4, -0.2) is 31.9 Å². The van der Waals surface area contributed by atoms with Crippen molar-refractivity contribution in [3.63, 3.8) is 0 Å². The highest BCUT2D eigenvalue weighted by molar-refractivity contribution is 6.22. The fourth-order valence-corrected chi connectivity index (χ4v) is 2.58. The van der Waals surface area contributed by atoms with Crippen LogP contribution < -0.4 is 0 Å². The number of hydrogen-bond acceptors (Lipinski definition) is 6. The summed E-state index contributed by atoms with van der Waals surface area (Å²) in [5.74, 6) is -1.50. The van der Waals surface area contributed by atoms with E-state index in [1.165, 1.54) is 38.5 Å². The van der Waals surface area contributed by atoms with Gasteiger partial charge >= 0.3 is 18.1 Å². The van der Waals surface area contributed by atoms with E-state index in [0.717, 1.165) is 25.3 Å². The van der Waals surface area contributed by atoms with Gasteiger partial charge in [0.2, 0.25) is 0 Å². The summed E-state index contributed by atoms with van der Waals surface area (Å²) >= 11 is 0. The van der Waals surface area contributed by atoms with Gasteiger partial charge in [-0.05, 0) is 12.1 Å². The van der Waals surface area contributed by atoms with Gasteiger partial charge in [-0.15, -0.1) is 0 Å². The second-order valence-corrected chi connectivity index (χ2v) is 5.91. The smallest absolute Gasteiger partial charge is 0.416 e. The van der Waals surface area contributed by atoms with E-state index in [-0.39, 0.29) is 28.0 Å². The van der Waals surface area contributed by atoms with Crippen LogP contribution >= 0.6 is 0 Å². The van der Waals surface area contributed by atoms with Gasteiger partial charge in [-0.3, -0.25) is 0 Å². The summed E-state index contributed by atoms with van der Waals surface area (Å²) in [6.07, 6.45) is -3.45. The third-order valence-electron chi connectivity index (χ3n) is 3.84. The number of ether oxygens (including phenoxy) is 2. The fourth-order valence-electron chi connectivity index (χ4n) is 2.58. The first-order valence-electron chi connectivity index (χ1n) is 8.53. The molecular weight excluding hydrogens is 403 g/mol. The Morgan fingerprint density at radius 3 is 2.23 bits per heavy atom. The molecule has 158 valence electrons. The van der Waals surface area contributed by atoms with Crippen LogP contribution in [-0.2, 0) is 30.1 Å². The Balaban J connectivity index is 2.75. The first-order valence-corrected chi connectivity index (χ1v) is 8.53. The maximum atomic E-state index is 13.2. The van der Waals surface area contributed by atoms with Crippen LogP contribution in [0.4, 0.5) is 13.2 Å². The standard InChI is InChI=1S/C21H18F3NO5/c1-13(26)30-25-19(14-7-6-8-15(11-14)21(22,23)24)17-10-5-4-9-16(17)18(12-28-2)20(27)29-3/h4-12H,1-3H3/b18-12+,25-19+. The number of carbonyl (C=O) groups excluding carboxylic acids is 2. The molecule has 0 fully saturated rings. The molecule has 0 aromatic heterocycles. The van der Waals surface area contributed by atoms with Gasteiger partial charge in [0.05, 0.1) is 26.0 Å². The number of hydrogen-bond donors (Lipinski definition) is 0. The third kappa shape index (κ3) is 5.47. The van der Waals surface area contributed by atoms with Crippen molar-refractivity contribution in [2.75, 3.05) is 14.2 Å². The molecule has 6 nitrogen and oxygen atoms in total. The Morgan fingerprint density at radius 1 is 1.00 bits per heavy atom. The van der Waals surface area contributed by atoms with E-state index in [0.29, 0.717) is 0 Å². The summed E-state index contributed by atoms with van der Waals surface area (Å²) in [5.41, 5.74) is -0.481. The van der Waals surface area contributed by atoms with Crippen LogP contribution in [0.3, 0.4) is 0 Å². The predicted molar refractivity (Wildman–Crippen MR) is 102 cm³/mol. The van der Waals surface area contributed by atoms with Crippen molar-refractivity contribution in [2.24, 2.45) is 5.16 Å². The monoisotopic (exact) mass is 421 g/mol. The molecule has 0 saturated carbocycles. The van der Waals surface area contributed by atoms with Crippen molar-refractivity contribution in [1.29, 1.82) is 0 Å². The van der Waals surface area contributed by atoms with Crippen LogP contribution in [0.15, 0.2) is 59.9 Å². The average Bonchev–Trinajstić information content (AvgIpc) is 2.71. The first kappa shape index (κ1) is 22.7. The van der Waals surface area contributed by atoms with Crippen molar-refractivity contribution in [3.8, 4) is 0 Å². The van der Waals surface area contributed by atoms with Crippen molar-refractivity contribution < 1.29 is 37.1 Å². The van der Waals surface area contributed by atoms with E-state index in [9.17, 15) is 22.8 Å². The number of benzene rings is 2. The molecule has 0 aliphatic carbocycles. The number of halogens is 3. The number of carbonyl (C=O) groups is 2. The molecule has 2 aromatic carbocycles. The number of esters is 1. The molecular formula is C21H18F3NO5. The Labute approximate surface area is 170 Å². The fraction of sp³-hybridized carbons (Fsp3) is 0.190. The number of methoxy groups -OCH3 is 2. The molecule has 0 aliphatic heterocycles. The van der Waals surface area contributed by atoms with Gasteiger partial charge in [0.15, 0.2) is 0 Å². The Bertz CT molecular complexity index is 996. The summed E-state index contributed by atoms with van der Waals surface area (Å²) in [6.45, 7) is 1.10. The minimum atomic E-state index is -4.59. The molecule has 0 saturated heterocycles. The lowest BCUT2D eigenvalue weighted by Gasteiger charge is -2.15. The summed E-state index contributed by atoms with van der Waals surface area (Å²) in [6, 6.07) is 10.6. The van der Waals surface area contributed by atoms with Crippen molar-refractivity contribution >= 4 is 23.2 Å². The highest BCUT2D eigenvalue weighted by Gasteiger charge is 2.31.